The second-order valence-electron chi connectivity index (χ2n) is 14.1. The van der Waals surface area contributed by atoms with Gasteiger partial charge in [0.25, 0.3) is 0 Å². The van der Waals surface area contributed by atoms with Crippen molar-refractivity contribution in [2.75, 3.05) is 0 Å². The van der Waals surface area contributed by atoms with Crippen LogP contribution in [-0.2, 0) is 0 Å². The molecule has 11 aromatic rings. The molecule has 0 fully saturated rings. The minimum atomic E-state index is 0.911. The lowest BCUT2D eigenvalue weighted by Crippen LogP contribution is -1.91. The Morgan fingerprint density at radius 3 is 1.57 bits per heavy atom. The summed E-state index contributed by atoms with van der Waals surface area (Å²) in [4.78, 5) is 1.34. The third-order valence-electron chi connectivity index (χ3n) is 10.9. The van der Waals surface area contributed by atoms with E-state index in [4.69, 9.17) is 4.42 Å². The fourth-order valence-electron chi connectivity index (χ4n) is 8.49. The molecular formula is C51H32OS. The van der Waals surface area contributed by atoms with E-state index >= 15 is 0 Å². The van der Waals surface area contributed by atoms with Crippen molar-refractivity contribution in [2.24, 2.45) is 0 Å². The summed E-state index contributed by atoms with van der Waals surface area (Å²) in [5, 5.41) is 10.9. The fourth-order valence-corrected chi connectivity index (χ4v) is 9.45. The van der Waals surface area contributed by atoms with Crippen LogP contribution in [0.2, 0.25) is 0 Å². The molecule has 2 aromatic heterocycles. The molecule has 0 amide bonds. The highest BCUT2D eigenvalue weighted by Gasteiger charge is 2.19. The van der Waals surface area contributed by atoms with E-state index in [9.17, 15) is 0 Å². The number of hydrogen-bond donors (Lipinski definition) is 0. The Balaban J connectivity index is 1.08. The number of rotatable bonds is 4. The first-order chi connectivity index (χ1) is 26.2. The summed E-state index contributed by atoms with van der Waals surface area (Å²) in [7, 11) is 0. The third kappa shape index (κ3) is 4.84. The molecule has 0 unspecified atom stereocenters. The van der Waals surface area contributed by atoms with Crippen molar-refractivity contribution >= 4 is 75.7 Å². The van der Waals surface area contributed by atoms with E-state index in [1.165, 1.54) is 86.4 Å². The Morgan fingerprint density at radius 2 is 0.887 bits per heavy atom. The quantitative estimate of drug-likeness (QED) is 0.167. The highest BCUT2D eigenvalue weighted by molar-refractivity contribution is 7.19. The highest BCUT2D eigenvalue weighted by atomic mass is 32.1. The maximum absolute atomic E-state index is 6.51. The van der Waals surface area contributed by atoms with Crippen molar-refractivity contribution in [3.63, 3.8) is 0 Å². The predicted molar refractivity (Wildman–Crippen MR) is 228 cm³/mol. The molecule has 0 aliphatic rings. The molecule has 53 heavy (non-hydrogen) atoms. The molecule has 0 saturated carbocycles. The minimum Gasteiger partial charge on any atom is -0.455 e. The number of hydrogen-bond acceptors (Lipinski definition) is 2. The summed E-state index contributed by atoms with van der Waals surface area (Å²) >= 11 is 1.86. The lowest BCUT2D eigenvalue weighted by Gasteiger charge is -2.18. The van der Waals surface area contributed by atoms with Gasteiger partial charge in [0, 0.05) is 25.7 Å². The van der Waals surface area contributed by atoms with E-state index < -0.39 is 0 Å². The third-order valence-corrected chi connectivity index (χ3v) is 11.9. The normalized spacial score (nSPS) is 11.9. The van der Waals surface area contributed by atoms with Crippen molar-refractivity contribution in [3.8, 4) is 44.5 Å². The van der Waals surface area contributed by atoms with Gasteiger partial charge in [0.15, 0.2) is 0 Å². The van der Waals surface area contributed by atoms with Crippen LogP contribution in [0.5, 0.6) is 0 Å². The maximum atomic E-state index is 6.51. The van der Waals surface area contributed by atoms with Crippen molar-refractivity contribution < 1.29 is 4.42 Å². The van der Waals surface area contributed by atoms with Crippen LogP contribution in [0.25, 0.3) is 109 Å². The zero-order chi connectivity index (χ0) is 35.0. The molecule has 0 aliphatic heterocycles. The first-order valence-corrected chi connectivity index (χ1v) is 19.0. The van der Waals surface area contributed by atoms with Crippen LogP contribution in [0.3, 0.4) is 0 Å². The Morgan fingerprint density at radius 1 is 0.358 bits per heavy atom. The van der Waals surface area contributed by atoms with Gasteiger partial charge in [-0.05, 0) is 126 Å². The number of fused-ring (bicyclic) bond motifs is 8. The van der Waals surface area contributed by atoms with Crippen LogP contribution < -0.4 is 0 Å². The van der Waals surface area contributed by atoms with Gasteiger partial charge in [-0.1, -0.05) is 133 Å². The summed E-state index contributed by atoms with van der Waals surface area (Å²) in [5.41, 5.74) is 11.7. The standard InChI is InChI=1S/C51H32OS/c1-31-26-37-21-20-36(30-48(37)53-31)34-12-8-11-33(27-34)35-13-9-14-38(28-35)49-41-16-4-6-18-43(41)50(44-19-7-5-17-42(44)49)39-23-25-47-46(29-39)45-24-22-32-10-2-3-15-40(32)51(45)52-47/h2-30H,1H3. The van der Waals surface area contributed by atoms with Gasteiger partial charge in [-0.3, -0.25) is 0 Å². The Bertz CT molecular complexity index is 3190. The molecule has 248 valence electrons. The van der Waals surface area contributed by atoms with Crippen LogP contribution in [0.15, 0.2) is 180 Å². The van der Waals surface area contributed by atoms with Gasteiger partial charge in [0.1, 0.15) is 11.2 Å². The minimum absolute atomic E-state index is 0.911. The topological polar surface area (TPSA) is 13.1 Å². The number of aryl methyl sites for hydroxylation is 1. The molecule has 0 spiro atoms. The van der Waals surface area contributed by atoms with Crippen molar-refractivity contribution in [1.82, 2.24) is 0 Å². The van der Waals surface area contributed by atoms with Crippen molar-refractivity contribution in [3.05, 3.63) is 181 Å². The predicted octanol–water partition coefficient (Wildman–Crippen LogP) is 15.2. The monoisotopic (exact) mass is 692 g/mol. The molecule has 0 atom stereocenters. The van der Waals surface area contributed by atoms with E-state index in [1.807, 2.05) is 11.3 Å². The Kier molecular flexibility index (Phi) is 6.71. The van der Waals surface area contributed by atoms with E-state index in [1.54, 1.807) is 0 Å². The summed E-state index contributed by atoms with van der Waals surface area (Å²) in [5.74, 6) is 0. The molecular weight excluding hydrogens is 661 g/mol. The SMILES string of the molecule is Cc1cc2ccc(-c3cccc(-c4cccc(-c5c6ccccc6c(-c6ccc7oc8c9ccccc9ccc8c7c6)c6ccccc56)c4)c3)cc2s1. The largest absolute Gasteiger partial charge is 0.455 e. The van der Waals surface area contributed by atoms with Gasteiger partial charge >= 0.3 is 0 Å². The van der Waals surface area contributed by atoms with Crippen LogP contribution >= 0.6 is 11.3 Å². The molecule has 2 heteroatoms. The van der Waals surface area contributed by atoms with Crippen LogP contribution in [0, 0.1) is 6.92 Å². The molecule has 11 rings (SSSR count). The number of thiophene rings is 1. The summed E-state index contributed by atoms with van der Waals surface area (Å²) in [6, 6.07) is 64.5. The molecule has 0 bridgehead atoms. The van der Waals surface area contributed by atoms with Gasteiger partial charge in [-0.2, -0.15) is 0 Å². The van der Waals surface area contributed by atoms with Crippen LogP contribution in [-0.4, -0.2) is 0 Å². The first kappa shape index (κ1) is 30.2. The van der Waals surface area contributed by atoms with E-state index in [0.29, 0.717) is 0 Å². The lowest BCUT2D eigenvalue weighted by molar-refractivity contribution is 0.672. The van der Waals surface area contributed by atoms with Gasteiger partial charge in [0.05, 0.1) is 0 Å². The van der Waals surface area contributed by atoms with Gasteiger partial charge in [-0.15, -0.1) is 11.3 Å². The van der Waals surface area contributed by atoms with E-state index in [0.717, 1.165) is 27.3 Å². The lowest BCUT2D eigenvalue weighted by atomic mass is 9.85. The first-order valence-electron chi connectivity index (χ1n) is 18.2. The van der Waals surface area contributed by atoms with Crippen LogP contribution in [0.1, 0.15) is 4.88 Å². The Labute approximate surface area is 311 Å². The molecule has 9 aromatic carbocycles. The van der Waals surface area contributed by atoms with Crippen LogP contribution in [0.4, 0.5) is 0 Å². The second-order valence-corrected chi connectivity index (χ2v) is 15.4. The molecule has 0 N–H and O–H groups in total. The average molecular weight is 693 g/mol. The number of benzene rings is 9. The summed E-state index contributed by atoms with van der Waals surface area (Å²) < 4.78 is 7.84. The molecule has 2 heterocycles. The summed E-state index contributed by atoms with van der Waals surface area (Å²) in [6.45, 7) is 2.18. The molecule has 1 nitrogen and oxygen atoms in total. The van der Waals surface area contributed by atoms with Gasteiger partial charge in [-0.25, -0.2) is 0 Å². The molecule has 0 aliphatic carbocycles. The zero-order valence-corrected chi connectivity index (χ0v) is 29.9. The summed E-state index contributed by atoms with van der Waals surface area (Å²) in [6.07, 6.45) is 0. The van der Waals surface area contributed by atoms with Crippen molar-refractivity contribution in [1.29, 1.82) is 0 Å². The molecule has 0 saturated heterocycles. The van der Waals surface area contributed by atoms with E-state index in [-0.39, 0.29) is 0 Å². The van der Waals surface area contributed by atoms with Gasteiger partial charge < -0.3 is 4.42 Å². The van der Waals surface area contributed by atoms with E-state index in [2.05, 4.69) is 183 Å². The van der Waals surface area contributed by atoms with Gasteiger partial charge in [0.2, 0.25) is 0 Å². The zero-order valence-electron chi connectivity index (χ0n) is 29.1. The second kappa shape index (κ2) is 11.8. The highest BCUT2D eigenvalue weighted by Crippen LogP contribution is 2.46. The fraction of sp³-hybridized carbons (Fsp3) is 0.0196. The smallest absolute Gasteiger partial charge is 0.143 e. The molecule has 0 radical (unpaired) electrons. The Hall–Kier alpha value is -6.48. The average Bonchev–Trinajstić information content (AvgIpc) is 3.79. The van der Waals surface area contributed by atoms with Crippen molar-refractivity contribution in [2.45, 2.75) is 6.92 Å². The maximum Gasteiger partial charge on any atom is 0.143 e. The number of furan rings is 1.